The van der Waals surface area contributed by atoms with Gasteiger partial charge in [-0.3, -0.25) is 0 Å². The highest BCUT2D eigenvalue weighted by Crippen LogP contribution is 2.32. The van der Waals surface area contributed by atoms with Gasteiger partial charge in [-0.05, 0) is 51.0 Å². The van der Waals surface area contributed by atoms with Crippen molar-refractivity contribution in [3.63, 3.8) is 0 Å². The van der Waals surface area contributed by atoms with Gasteiger partial charge in [-0.25, -0.2) is 4.98 Å². The molecule has 1 heterocycles. The quantitative estimate of drug-likeness (QED) is 0.380. The Balaban J connectivity index is 1.93. The van der Waals surface area contributed by atoms with Crippen molar-refractivity contribution in [2.45, 2.75) is 0 Å². The molecule has 4 aromatic rings. The third-order valence-corrected chi connectivity index (χ3v) is 4.47. The van der Waals surface area contributed by atoms with E-state index in [2.05, 4.69) is 61.1 Å². The molecule has 1 aromatic heterocycles. The molecule has 0 aliphatic heterocycles. The molecule has 0 radical (unpaired) electrons. The van der Waals surface area contributed by atoms with Crippen molar-refractivity contribution < 1.29 is 4.42 Å². The molecular weight excluding hydrogens is 394 g/mol. The van der Waals surface area contributed by atoms with Crippen molar-refractivity contribution >= 4 is 53.7 Å². The Morgan fingerprint density at radius 1 is 0.857 bits per heavy atom. The summed E-state index contributed by atoms with van der Waals surface area (Å²) in [5, 5.41) is 2.39. The third kappa shape index (κ3) is 2.28. The summed E-state index contributed by atoms with van der Waals surface area (Å²) in [7, 11) is 0. The van der Waals surface area contributed by atoms with Crippen LogP contribution in [-0.2, 0) is 0 Å². The van der Waals surface area contributed by atoms with Gasteiger partial charge in [-0.2, -0.15) is 0 Å². The maximum Gasteiger partial charge on any atom is 0.227 e. The summed E-state index contributed by atoms with van der Waals surface area (Å²) in [6.07, 6.45) is 0. The van der Waals surface area contributed by atoms with E-state index in [0.29, 0.717) is 5.89 Å². The highest BCUT2D eigenvalue weighted by Gasteiger charge is 2.12. The highest BCUT2D eigenvalue weighted by atomic mass is 79.9. The van der Waals surface area contributed by atoms with Gasteiger partial charge in [-0.15, -0.1) is 0 Å². The number of rotatable bonds is 1. The van der Waals surface area contributed by atoms with E-state index in [0.717, 1.165) is 25.6 Å². The van der Waals surface area contributed by atoms with Gasteiger partial charge in [0.05, 0.1) is 0 Å². The molecule has 2 nitrogen and oxygen atoms in total. The summed E-state index contributed by atoms with van der Waals surface area (Å²) in [5.74, 6) is 0.634. The Morgan fingerprint density at radius 2 is 1.67 bits per heavy atom. The Kier molecular flexibility index (Phi) is 3.08. The van der Waals surface area contributed by atoms with Crippen molar-refractivity contribution in [3.05, 3.63) is 63.5 Å². The van der Waals surface area contributed by atoms with Gasteiger partial charge < -0.3 is 4.42 Å². The lowest BCUT2D eigenvalue weighted by Crippen LogP contribution is -1.78. The van der Waals surface area contributed by atoms with Gasteiger partial charge in [-0.1, -0.05) is 46.3 Å². The monoisotopic (exact) mass is 401 g/mol. The van der Waals surface area contributed by atoms with Crippen molar-refractivity contribution in [1.29, 1.82) is 0 Å². The average Bonchev–Trinajstić information content (AvgIpc) is 2.91. The standard InChI is InChI=1S/C17H9Br2NO/c18-13-8-14(19)16-15(9-13)21-17(20-16)12-6-5-10-3-1-2-4-11(10)7-12/h1-9H. The van der Waals surface area contributed by atoms with Crippen LogP contribution in [0.2, 0.25) is 0 Å². The molecule has 0 spiro atoms. The first-order valence-electron chi connectivity index (χ1n) is 6.45. The number of benzene rings is 3. The van der Waals surface area contributed by atoms with Crippen LogP contribution < -0.4 is 0 Å². The minimum atomic E-state index is 0.634. The van der Waals surface area contributed by atoms with Crippen LogP contribution >= 0.6 is 31.9 Å². The molecule has 0 bridgehead atoms. The molecule has 0 atom stereocenters. The second-order valence-corrected chi connectivity index (χ2v) is 6.59. The van der Waals surface area contributed by atoms with E-state index >= 15 is 0 Å². The summed E-state index contributed by atoms with van der Waals surface area (Å²) in [5.41, 5.74) is 2.58. The van der Waals surface area contributed by atoms with Crippen molar-refractivity contribution in [2.75, 3.05) is 0 Å². The topological polar surface area (TPSA) is 26.0 Å². The normalized spacial score (nSPS) is 11.3. The van der Waals surface area contributed by atoms with E-state index in [1.54, 1.807) is 0 Å². The molecule has 0 N–H and O–H groups in total. The molecular formula is C17H9Br2NO. The fourth-order valence-electron chi connectivity index (χ4n) is 2.40. The lowest BCUT2D eigenvalue weighted by molar-refractivity contribution is 0.620. The zero-order chi connectivity index (χ0) is 14.4. The summed E-state index contributed by atoms with van der Waals surface area (Å²) in [6.45, 7) is 0. The van der Waals surface area contributed by atoms with Crippen LogP contribution in [0.5, 0.6) is 0 Å². The third-order valence-electron chi connectivity index (χ3n) is 3.41. The van der Waals surface area contributed by atoms with Crippen LogP contribution in [-0.4, -0.2) is 4.98 Å². The molecule has 3 aromatic carbocycles. The molecule has 4 heteroatoms. The van der Waals surface area contributed by atoms with Crippen LogP contribution in [0.3, 0.4) is 0 Å². The van der Waals surface area contributed by atoms with E-state index < -0.39 is 0 Å². The van der Waals surface area contributed by atoms with Crippen molar-refractivity contribution in [2.24, 2.45) is 0 Å². The molecule has 0 saturated carbocycles. The largest absolute Gasteiger partial charge is 0.436 e. The second-order valence-electron chi connectivity index (χ2n) is 4.82. The van der Waals surface area contributed by atoms with Crippen LogP contribution in [0.25, 0.3) is 33.3 Å². The predicted octanol–water partition coefficient (Wildman–Crippen LogP) is 6.17. The first kappa shape index (κ1) is 13.0. The Morgan fingerprint density at radius 3 is 2.52 bits per heavy atom. The Bertz CT molecular complexity index is 975. The number of aromatic nitrogens is 1. The van der Waals surface area contributed by atoms with Crippen LogP contribution in [0.15, 0.2) is 68.0 Å². The zero-order valence-corrected chi connectivity index (χ0v) is 14.0. The molecule has 21 heavy (non-hydrogen) atoms. The van der Waals surface area contributed by atoms with E-state index in [9.17, 15) is 0 Å². The number of nitrogens with zero attached hydrogens (tertiary/aromatic N) is 1. The fourth-order valence-corrected chi connectivity index (χ4v) is 3.68. The molecule has 4 rings (SSSR count). The molecule has 0 amide bonds. The lowest BCUT2D eigenvalue weighted by atomic mass is 10.1. The van der Waals surface area contributed by atoms with Gasteiger partial charge in [0, 0.05) is 14.5 Å². The SMILES string of the molecule is Brc1cc(Br)c2nc(-c3ccc4ccccc4c3)oc2c1. The van der Waals surface area contributed by atoms with Crippen molar-refractivity contribution in [1.82, 2.24) is 4.98 Å². The number of hydrogen-bond acceptors (Lipinski definition) is 2. The van der Waals surface area contributed by atoms with E-state index in [-0.39, 0.29) is 0 Å². The Hall–Kier alpha value is -1.65. The van der Waals surface area contributed by atoms with Gasteiger partial charge in [0.15, 0.2) is 5.58 Å². The van der Waals surface area contributed by atoms with E-state index in [1.807, 2.05) is 30.3 Å². The van der Waals surface area contributed by atoms with E-state index in [1.165, 1.54) is 10.8 Å². The summed E-state index contributed by atoms with van der Waals surface area (Å²) in [4.78, 5) is 4.60. The molecule has 0 aliphatic carbocycles. The molecule has 0 aliphatic rings. The molecule has 0 saturated heterocycles. The summed E-state index contributed by atoms with van der Waals surface area (Å²) >= 11 is 6.98. The molecule has 102 valence electrons. The Labute approximate surface area is 138 Å². The maximum atomic E-state index is 5.89. The second kappa shape index (κ2) is 4.97. The average molecular weight is 403 g/mol. The van der Waals surface area contributed by atoms with Gasteiger partial charge >= 0.3 is 0 Å². The minimum absolute atomic E-state index is 0.634. The first-order valence-corrected chi connectivity index (χ1v) is 8.04. The number of oxazole rings is 1. The van der Waals surface area contributed by atoms with Gasteiger partial charge in [0.1, 0.15) is 5.52 Å². The first-order chi connectivity index (χ1) is 10.2. The number of fused-ring (bicyclic) bond motifs is 2. The molecule has 0 unspecified atom stereocenters. The minimum Gasteiger partial charge on any atom is -0.436 e. The van der Waals surface area contributed by atoms with Crippen LogP contribution in [0.4, 0.5) is 0 Å². The molecule has 0 fully saturated rings. The fraction of sp³-hybridized carbons (Fsp3) is 0. The van der Waals surface area contributed by atoms with Gasteiger partial charge in [0.2, 0.25) is 5.89 Å². The number of hydrogen-bond donors (Lipinski definition) is 0. The predicted molar refractivity (Wildman–Crippen MR) is 92.4 cm³/mol. The number of halogens is 2. The lowest BCUT2D eigenvalue weighted by Gasteiger charge is -1.99. The van der Waals surface area contributed by atoms with Crippen LogP contribution in [0.1, 0.15) is 0 Å². The highest BCUT2D eigenvalue weighted by molar-refractivity contribution is 9.11. The smallest absolute Gasteiger partial charge is 0.227 e. The summed E-state index contributed by atoms with van der Waals surface area (Å²) < 4.78 is 7.77. The van der Waals surface area contributed by atoms with E-state index in [4.69, 9.17) is 4.42 Å². The maximum absolute atomic E-state index is 5.89. The van der Waals surface area contributed by atoms with Crippen LogP contribution in [0, 0.1) is 0 Å². The zero-order valence-electron chi connectivity index (χ0n) is 10.8. The van der Waals surface area contributed by atoms with Gasteiger partial charge in [0.25, 0.3) is 0 Å². The summed E-state index contributed by atoms with van der Waals surface area (Å²) in [6, 6.07) is 18.4. The van der Waals surface area contributed by atoms with Crippen molar-refractivity contribution in [3.8, 4) is 11.5 Å².